The Kier molecular flexibility index (Phi) is 6.55. The van der Waals surface area contributed by atoms with Crippen molar-refractivity contribution in [2.45, 2.75) is 39.0 Å². The molecule has 2 aromatic carbocycles. The second kappa shape index (κ2) is 9.11. The molecule has 1 aliphatic heterocycles. The summed E-state index contributed by atoms with van der Waals surface area (Å²) < 4.78 is 5.47. The molecule has 0 saturated carbocycles. The van der Waals surface area contributed by atoms with E-state index >= 15 is 0 Å². The number of amides is 2. The van der Waals surface area contributed by atoms with Gasteiger partial charge in [0.05, 0.1) is 5.41 Å². The van der Waals surface area contributed by atoms with Crippen LogP contribution >= 0.6 is 0 Å². The first-order chi connectivity index (χ1) is 14.3. The Morgan fingerprint density at radius 2 is 1.67 bits per heavy atom. The molecule has 0 aromatic heterocycles. The lowest BCUT2D eigenvalue weighted by Gasteiger charge is -2.40. The van der Waals surface area contributed by atoms with Crippen LogP contribution in [0.25, 0.3) is 0 Å². The van der Waals surface area contributed by atoms with Gasteiger partial charge in [0.1, 0.15) is 0 Å². The van der Waals surface area contributed by atoms with Crippen molar-refractivity contribution in [3.63, 3.8) is 0 Å². The molecule has 1 N–H and O–H groups in total. The quantitative estimate of drug-likeness (QED) is 0.770. The molecule has 6 heteroatoms. The van der Waals surface area contributed by atoms with Crippen molar-refractivity contribution < 1.29 is 19.1 Å². The van der Waals surface area contributed by atoms with Gasteiger partial charge in [-0.3, -0.25) is 14.4 Å². The molecule has 0 atom stereocenters. The number of likely N-dealkylation sites (tertiary alicyclic amines) is 1. The third-order valence-corrected chi connectivity index (χ3v) is 5.90. The Morgan fingerprint density at radius 3 is 2.27 bits per heavy atom. The van der Waals surface area contributed by atoms with Crippen LogP contribution in [0, 0.1) is 13.8 Å². The maximum absolute atomic E-state index is 13.1. The topological polar surface area (TPSA) is 75.7 Å². The highest BCUT2D eigenvalue weighted by Gasteiger charge is 2.44. The fourth-order valence-corrected chi connectivity index (χ4v) is 3.86. The van der Waals surface area contributed by atoms with Gasteiger partial charge in [-0.15, -0.1) is 0 Å². The van der Waals surface area contributed by atoms with Gasteiger partial charge in [-0.05, 0) is 55.5 Å². The van der Waals surface area contributed by atoms with Crippen LogP contribution in [0.15, 0.2) is 48.5 Å². The van der Waals surface area contributed by atoms with Crippen LogP contribution in [0.5, 0.6) is 0 Å². The number of carbonyl (C=O) groups excluding carboxylic acids is 3. The van der Waals surface area contributed by atoms with Crippen LogP contribution in [0.1, 0.15) is 36.5 Å². The molecule has 0 spiro atoms. The summed E-state index contributed by atoms with van der Waals surface area (Å²) >= 11 is 0. The first kappa shape index (κ1) is 21.6. The van der Waals surface area contributed by atoms with Crippen molar-refractivity contribution >= 4 is 23.5 Å². The minimum Gasteiger partial charge on any atom is -0.455 e. The van der Waals surface area contributed by atoms with Gasteiger partial charge in [-0.25, -0.2) is 0 Å². The van der Waals surface area contributed by atoms with Crippen molar-refractivity contribution in [2.75, 3.05) is 25.0 Å². The molecule has 1 saturated heterocycles. The summed E-state index contributed by atoms with van der Waals surface area (Å²) in [5.41, 5.74) is 2.89. The minimum atomic E-state index is -0.853. The number of hydrogen-bond donors (Lipinski definition) is 1. The van der Waals surface area contributed by atoms with E-state index < -0.39 is 11.4 Å². The smallest absolute Gasteiger partial charge is 0.317 e. The van der Waals surface area contributed by atoms with Gasteiger partial charge in [0.25, 0.3) is 5.91 Å². The van der Waals surface area contributed by atoms with Gasteiger partial charge >= 0.3 is 5.97 Å². The SMILES string of the molecule is CC(=O)N1CCC(C(=O)OCC(=O)Nc2ccc(C)c(C)c2)(c2ccccc2)CC1. The number of nitrogens with zero attached hydrogens (tertiary/aromatic N) is 1. The fraction of sp³-hybridized carbons (Fsp3) is 0.375. The number of carbonyl (C=O) groups is 3. The highest BCUT2D eigenvalue weighted by atomic mass is 16.5. The summed E-state index contributed by atoms with van der Waals surface area (Å²) in [4.78, 5) is 38.9. The van der Waals surface area contributed by atoms with Crippen LogP contribution in [-0.2, 0) is 24.5 Å². The predicted molar refractivity (Wildman–Crippen MR) is 115 cm³/mol. The maximum Gasteiger partial charge on any atom is 0.317 e. The highest BCUT2D eigenvalue weighted by molar-refractivity contribution is 5.94. The van der Waals surface area contributed by atoms with E-state index in [1.807, 2.05) is 62.4 Å². The molecule has 0 aliphatic carbocycles. The first-order valence-corrected chi connectivity index (χ1v) is 10.2. The van der Waals surface area contributed by atoms with Crippen LogP contribution in [0.2, 0.25) is 0 Å². The largest absolute Gasteiger partial charge is 0.455 e. The van der Waals surface area contributed by atoms with Crippen molar-refractivity contribution in [3.05, 3.63) is 65.2 Å². The molecule has 6 nitrogen and oxygen atoms in total. The normalized spacial score (nSPS) is 15.4. The number of hydrogen-bond acceptors (Lipinski definition) is 4. The zero-order chi connectivity index (χ0) is 21.7. The Bertz CT molecular complexity index is 931. The molecule has 1 fully saturated rings. The molecule has 1 aliphatic rings. The summed E-state index contributed by atoms with van der Waals surface area (Å²) in [6, 6.07) is 15.1. The number of benzene rings is 2. The standard InChI is InChI=1S/C24H28N2O4/c1-17-9-10-21(15-18(17)2)25-22(28)16-30-23(29)24(20-7-5-4-6-8-20)11-13-26(14-12-24)19(3)27/h4-10,15H,11-14,16H2,1-3H3,(H,25,28). The van der Waals surface area contributed by atoms with Crippen molar-refractivity contribution in [1.82, 2.24) is 4.90 Å². The van der Waals surface area contributed by atoms with E-state index in [9.17, 15) is 14.4 Å². The first-order valence-electron chi connectivity index (χ1n) is 10.2. The Labute approximate surface area is 177 Å². The van der Waals surface area contributed by atoms with Gasteiger partial charge < -0.3 is 15.0 Å². The van der Waals surface area contributed by atoms with Gasteiger partial charge in [0.2, 0.25) is 5.91 Å². The number of piperidine rings is 1. The highest BCUT2D eigenvalue weighted by Crippen LogP contribution is 2.37. The summed E-state index contributed by atoms with van der Waals surface area (Å²) in [6.45, 7) is 6.12. The van der Waals surface area contributed by atoms with Gasteiger partial charge in [-0.1, -0.05) is 36.4 Å². The van der Waals surface area contributed by atoms with Crippen molar-refractivity contribution in [1.29, 1.82) is 0 Å². The molecule has 3 rings (SSSR count). The van der Waals surface area contributed by atoms with E-state index in [4.69, 9.17) is 4.74 Å². The molecule has 0 radical (unpaired) electrons. The van der Waals surface area contributed by atoms with Crippen LogP contribution in [-0.4, -0.2) is 42.4 Å². The van der Waals surface area contributed by atoms with Crippen LogP contribution in [0.4, 0.5) is 5.69 Å². The van der Waals surface area contributed by atoms with Gasteiger partial charge in [0, 0.05) is 25.7 Å². The lowest BCUT2D eigenvalue weighted by atomic mass is 9.72. The fourth-order valence-electron chi connectivity index (χ4n) is 3.86. The Balaban J connectivity index is 1.69. The van der Waals surface area contributed by atoms with Crippen molar-refractivity contribution in [2.24, 2.45) is 0 Å². The van der Waals surface area contributed by atoms with E-state index in [0.29, 0.717) is 31.6 Å². The number of esters is 1. The molecule has 2 amide bonds. The monoisotopic (exact) mass is 408 g/mol. The number of nitrogens with one attached hydrogen (secondary N) is 1. The minimum absolute atomic E-state index is 0.00204. The number of ether oxygens (including phenoxy) is 1. The summed E-state index contributed by atoms with van der Waals surface area (Å²) in [5.74, 6) is -0.805. The van der Waals surface area contributed by atoms with Gasteiger partial charge in [0.15, 0.2) is 6.61 Å². The summed E-state index contributed by atoms with van der Waals surface area (Å²) in [7, 11) is 0. The molecule has 158 valence electrons. The maximum atomic E-state index is 13.1. The average Bonchev–Trinajstić information content (AvgIpc) is 2.75. The lowest BCUT2D eigenvalue weighted by Crippen LogP contribution is -2.49. The molecule has 2 aromatic rings. The average molecular weight is 408 g/mol. The molecular formula is C24H28N2O4. The number of anilines is 1. The van der Waals surface area contributed by atoms with Crippen LogP contribution in [0.3, 0.4) is 0 Å². The second-order valence-corrected chi connectivity index (χ2v) is 7.88. The van der Waals surface area contributed by atoms with E-state index in [-0.39, 0.29) is 18.4 Å². The molecule has 1 heterocycles. The zero-order valence-electron chi connectivity index (χ0n) is 17.7. The molecule has 0 unspecified atom stereocenters. The van der Waals surface area contributed by atoms with Crippen LogP contribution < -0.4 is 5.32 Å². The van der Waals surface area contributed by atoms with E-state index in [2.05, 4.69) is 5.32 Å². The molecule has 30 heavy (non-hydrogen) atoms. The third-order valence-electron chi connectivity index (χ3n) is 5.90. The van der Waals surface area contributed by atoms with E-state index in [1.165, 1.54) is 6.92 Å². The Morgan fingerprint density at radius 1 is 1.00 bits per heavy atom. The lowest BCUT2D eigenvalue weighted by molar-refractivity contribution is -0.156. The van der Waals surface area contributed by atoms with Gasteiger partial charge in [-0.2, -0.15) is 0 Å². The summed E-state index contributed by atoms with van der Waals surface area (Å²) in [6.07, 6.45) is 0.933. The second-order valence-electron chi connectivity index (χ2n) is 7.88. The molecular weight excluding hydrogens is 380 g/mol. The molecule has 0 bridgehead atoms. The number of rotatable bonds is 5. The van der Waals surface area contributed by atoms with E-state index in [0.717, 1.165) is 16.7 Å². The van der Waals surface area contributed by atoms with Crippen molar-refractivity contribution in [3.8, 4) is 0 Å². The third kappa shape index (κ3) is 4.70. The number of aryl methyl sites for hydroxylation is 2. The summed E-state index contributed by atoms with van der Waals surface area (Å²) in [5, 5.41) is 2.77. The Hall–Kier alpha value is -3.15. The van der Waals surface area contributed by atoms with E-state index in [1.54, 1.807) is 4.90 Å². The zero-order valence-corrected chi connectivity index (χ0v) is 17.7. The predicted octanol–water partition coefficient (Wildman–Crippen LogP) is 3.37.